The maximum atomic E-state index is 11.1. The summed E-state index contributed by atoms with van der Waals surface area (Å²) in [6, 6.07) is 4.99. The Balaban J connectivity index is 2.01. The van der Waals surface area contributed by atoms with Crippen LogP contribution in [0.15, 0.2) is 18.2 Å². The van der Waals surface area contributed by atoms with Gasteiger partial charge in [0.25, 0.3) is 0 Å². The van der Waals surface area contributed by atoms with Gasteiger partial charge in [-0.3, -0.25) is 0 Å². The molecule has 1 aromatic carbocycles. The molecule has 1 heterocycles. The number of hydrogen-bond acceptors (Lipinski definition) is 4. The Kier molecular flexibility index (Phi) is 4.04. The fourth-order valence-electron chi connectivity index (χ4n) is 2.10. The molecular weight excluding hydrogens is 232 g/mol. The Bertz CT molecular complexity index is 428. The van der Waals surface area contributed by atoms with Gasteiger partial charge in [-0.15, -0.1) is 0 Å². The molecule has 18 heavy (non-hydrogen) atoms. The maximum absolute atomic E-state index is 11.1. The Morgan fingerprint density at radius 2 is 2.33 bits per heavy atom. The van der Waals surface area contributed by atoms with Gasteiger partial charge in [0.2, 0.25) is 0 Å². The predicted molar refractivity (Wildman–Crippen MR) is 69.0 cm³/mol. The molecule has 0 spiro atoms. The molecule has 1 aliphatic rings. The molecule has 1 aliphatic heterocycles. The molecule has 0 saturated carbocycles. The van der Waals surface area contributed by atoms with Crippen molar-refractivity contribution in [2.24, 2.45) is 0 Å². The number of nitrogens with two attached hydrogens (primary N) is 1. The van der Waals surface area contributed by atoms with Crippen LogP contribution in [-0.2, 0) is 0 Å². The molecule has 0 amide bonds. The Morgan fingerprint density at radius 1 is 1.50 bits per heavy atom. The number of nitrogen functional groups attached to an aromatic ring is 1. The van der Waals surface area contributed by atoms with E-state index < -0.39 is 5.97 Å². The fraction of sp³-hybridized carbons (Fsp3) is 0.462. The van der Waals surface area contributed by atoms with Gasteiger partial charge in [-0.25, -0.2) is 4.79 Å². The van der Waals surface area contributed by atoms with Crippen molar-refractivity contribution in [3.05, 3.63) is 23.8 Å². The van der Waals surface area contributed by atoms with Gasteiger partial charge in [0.1, 0.15) is 17.9 Å². The van der Waals surface area contributed by atoms with E-state index in [4.69, 9.17) is 15.6 Å². The second-order valence-electron chi connectivity index (χ2n) is 4.52. The zero-order chi connectivity index (χ0) is 13.0. The molecule has 1 saturated heterocycles. The van der Waals surface area contributed by atoms with E-state index in [2.05, 4.69) is 5.32 Å². The third kappa shape index (κ3) is 3.13. The molecule has 0 radical (unpaired) electrons. The van der Waals surface area contributed by atoms with E-state index in [1.54, 1.807) is 12.1 Å². The van der Waals surface area contributed by atoms with E-state index in [9.17, 15) is 4.79 Å². The maximum Gasteiger partial charge on any atom is 0.339 e. The van der Waals surface area contributed by atoms with Crippen LogP contribution in [0.4, 0.5) is 5.69 Å². The summed E-state index contributed by atoms with van der Waals surface area (Å²) in [5, 5.41) is 12.4. The number of aromatic carboxylic acids is 1. The summed E-state index contributed by atoms with van der Waals surface area (Å²) < 4.78 is 5.59. The zero-order valence-electron chi connectivity index (χ0n) is 10.2. The summed E-state index contributed by atoms with van der Waals surface area (Å²) in [5.74, 6) is -0.641. The third-order valence-electron chi connectivity index (χ3n) is 3.09. The number of rotatable bonds is 4. The van der Waals surface area contributed by atoms with Gasteiger partial charge in [0, 0.05) is 11.7 Å². The van der Waals surface area contributed by atoms with Crippen LogP contribution in [0.5, 0.6) is 5.75 Å². The Labute approximate surface area is 106 Å². The number of piperidine rings is 1. The Morgan fingerprint density at radius 3 is 3.00 bits per heavy atom. The van der Waals surface area contributed by atoms with Crippen LogP contribution in [0.3, 0.4) is 0 Å². The zero-order valence-corrected chi connectivity index (χ0v) is 10.2. The smallest absolute Gasteiger partial charge is 0.339 e. The third-order valence-corrected chi connectivity index (χ3v) is 3.09. The minimum Gasteiger partial charge on any atom is -0.491 e. The van der Waals surface area contributed by atoms with Crippen LogP contribution < -0.4 is 15.8 Å². The standard InChI is InChI=1S/C13H18N2O3/c14-9-4-5-12(11(7-9)13(16)17)18-8-10-3-1-2-6-15-10/h4-5,7,10,15H,1-3,6,8,14H2,(H,16,17). The lowest BCUT2D eigenvalue weighted by Crippen LogP contribution is -2.38. The van der Waals surface area contributed by atoms with Crippen molar-refractivity contribution in [1.82, 2.24) is 5.32 Å². The van der Waals surface area contributed by atoms with Crippen molar-refractivity contribution in [3.63, 3.8) is 0 Å². The minimum absolute atomic E-state index is 0.116. The van der Waals surface area contributed by atoms with Gasteiger partial charge >= 0.3 is 5.97 Å². The molecule has 0 aromatic heterocycles. The molecular formula is C13H18N2O3. The Hall–Kier alpha value is -1.75. The number of benzene rings is 1. The van der Waals surface area contributed by atoms with Gasteiger partial charge in [-0.2, -0.15) is 0 Å². The predicted octanol–water partition coefficient (Wildman–Crippen LogP) is 1.49. The van der Waals surface area contributed by atoms with Crippen molar-refractivity contribution in [3.8, 4) is 5.75 Å². The lowest BCUT2D eigenvalue weighted by atomic mass is 10.1. The van der Waals surface area contributed by atoms with Crippen molar-refractivity contribution >= 4 is 11.7 Å². The first kappa shape index (κ1) is 12.7. The van der Waals surface area contributed by atoms with Crippen LogP contribution in [-0.4, -0.2) is 30.3 Å². The highest BCUT2D eigenvalue weighted by molar-refractivity contribution is 5.92. The summed E-state index contributed by atoms with van der Waals surface area (Å²) in [5.41, 5.74) is 6.12. The van der Waals surface area contributed by atoms with Crippen LogP contribution in [0.2, 0.25) is 0 Å². The highest BCUT2D eigenvalue weighted by Gasteiger charge is 2.16. The first-order valence-electron chi connectivity index (χ1n) is 6.16. The van der Waals surface area contributed by atoms with Crippen molar-refractivity contribution in [2.75, 3.05) is 18.9 Å². The van der Waals surface area contributed by atoms with Crippen molar-refractivity contribution in [2.45, 2.75) is 25.3 Å². The number of hydrogen-bond donors (Lipinski definition) is 3. The molecule has 1 fully saturated rings. The topological polar surface area (TPSA) is 84.6 Å². The van der Waals surface area contributed by atoms with Crippen LogP contribution in [0, 0.1) is 0 Å². The average molecular weight is 250 g/mol. The van der Waals surface area contributed by atoms with Crippen LogP contribution in [0.25, 0.3) is 0 Å². The van der Waals surface area contributed by atoms with E-state index in [1.165, 1.54) is 18.9 Å². The molecule has 1 unspecified atom stereocenters. The largest absolute Gasteiger partial charge is 0.491 e. The summed E-state index contributed by atoms with van der Waals surface area (Å²) >= 11 is 0. The first-order valence-corrected chi connectivity index (χ1v) is 6.16. The van der Waals surface area contributed by atoms with Gasteiger partial charge < -0.3 is 20.9 Å². The highest BCUT2D eigenvalue weighted by Crippen LogP contribution is 2.22. The lowest BCUT2D eigenvalue weighted by Gasteiger charge is -2.23. The molecule has 1 aromatic rings. The number of carboxylic acids is 1. The van der Waals surface area contributed by atoms with E-state index in [-0.39, 0.29) is 5.56 Å². The van der Waals surface area contributed by atoms with E-state index in [0.29, 0.717) is 24.1 Å². The molecule has 98 valence electrons. The van der Waals surface area contributed by atoms with E-state index in [1.807, 2.05) is 0 Å². The quantitative estimate of drug-likeness (QED) is 0.705. The van der Waals surface area contributed by atoms with E-state index in [0.717, 1.165) is 13.0 Å². The van der Waals surface area contributed by atoms with Gasteiger partial charge in [-0.1, -0.05) is 6.42 Å². The van der Waals surface area contributed by atoms with Crippen LogP contribution in [0.1, 0.15) is 29.6 Å². The number of anilines is 1. The highest BCUT2D eigenvalue weighted by atomic mass is 16.5. The average Bonchev–Trinajstić information content (AvgIpc) is 2.38. The summed E-state index contributed by atoms with van der Waals surface area (Å²) in [6.07, 6.45) is 3.45. The van der Waals surface area contributed by atoms with Gasteiger partial charge in [-0.05, 0) is 37.6 Å². The number of ether oxygens (including phenoxy) is 1. The molecule has 2 rings (SSSR count). The lowest BCUT2D eigenvalue weighted by molar-refractivity contribution is 0.0691. The molecule has 0 bridgehead atoms. The van der Waals surface area contributed by atoms with Gasteiger partial charge in [0.15, 0.2) is 0 Å². The molecule has 5 heteroatoms. The fourth-order valence-corrected chi connectivity index (χ4v) is 2.10. The van der Waals surface area contributed by atoms with Crippen molar-refractivity contribution in [1.29, 1.82) is 0 Å². The second-order valence-corrected chi connectivity index (χ2v) is 4.52. The molecule has 4 N–H and O–H groups in total. The van der Waals surface area contributed by atoms with E-state index >= 15 is 0 Å². The second kappa shape index (κ2) is 5.73. The van der Waals surface area contributed by atoms with Crippen molar-refractivity contribution < 1.29 is 14.6 Å². The number of nitrogens with one attached hydrogen (secondary N) is 1. The molecule has 5 nitrogen and oxygen atoms in total. The number of carbonyl (C=O) groups is 1. The molecule has 0 aliphatic carbocycles. The first-order chi connectivity index (χ1) is 8.66. The monoisotopic (exact) mass is 250 g/mol. The summed E-state index contributed by atoms with van der Waals surface area (Å²) in [6.45, 7) is 1.49. The minimum atomic E-state index is -1.02. The summed E-state index contributed by atoms with van der Waals surface area (Å²) in [7, 11) is 0. The van der Waals surface area contributed by atoms with Crippen LogP contribution >= 0.6 is 0 Å². The normalized spacial score (nSPS) is 19.4. The SMILES string of the molecule is Nc1ccc(OCC2CCCCN2)c(C(=O)O)c1. The molecule has 1 atom stereocenters. The van der Waals surface area contributed by atoms with Gasteiger partial charge in [0.05, 0.1) is 0 Å². The summed E-state index contributed by atoms with van der Waals surface area (Å²) in [4.78, 5) is 11.1. The number of carboxylic acid groups (broad SMARTS) is 1.